The zero-order valence-electron chi connectivity index (χ0n) is 18.9. The molecule has 178 valence electrons. The summed E-state index contributed by atoms with van der Waals surface area (Å²) in [7, 11) is 0. The van der Waals surface area contributed by atoms with Crippen LogP contribution in [0, 0.1) is 6.92 Å². The Hall–Kier alpha value is -1.67. The monoisotopic (exact) mass is 465 g/mol. The molecule has 0 aromatic heterocycles. The Morgan fingerprint density at radius 2 is 1.78 bits per heavy atom. The number of rotatable bonds is 16. The van der Waals surface area contributed by atoms with Gasteiger partial charge in [-0.2, -0.15) is 0 Å². The zero-order chi connectivity index (χ0) is 23.2. The van der Waals surface area contributed by atoms with Gasteiger partial charge in [0, 0.05) is 23.7 Å². The van der Waals surface area contributed by atoms with E-state index in [9.17, 15) is 15.3 Å². The number of benzene rings is 2. The van der Waals surface area contributed by atoms with Gasteiger partial charge in [-0.1, -0.05) is 42.6 Å². The Morgan fingerprint density at radius 3 is 2.56 bits per heavy atom. The van der Waals surface area contributed by atoms with Crippen LogP contribution < -0.4 is 5.32 Å². The summed E-state index contributed by atoms with van der Waals surface area (Å²) in [6.45, 7) is 5.42. The molecule has 0 radical (unpaired) electrons. The molecule has 0 amide bonds. The molecule has 0 saturated carbocycles. The lowest BCUT2D eigenvalue weighted by Crippen LogP contribution is -2.22. The van der Waals surface area contributed by atoms with Crippen LogP contribution in [0.4, 0.5) is 0 Å². The van der Waals surface area contributed by atoms with Gasteiger partial charge in [-0.3, -0.25) is 0 Å². The topological polar surface area (TPSA) is 91.2 Å². The maximum atomic E-state index is 10.2. The Bertz CT molecular complexity index is 782. The quantitative estimate of drug-likeness (QED) is 0.277. The van der Waals surface area contributed by atoms with Crippen molar-refractivity contribution in [2.24, 2.45) is 0 Å². The van der Waals surface area contributed by atoms with Crippen LogP contribution in [0.15, 0.2) is 36.4 Å². The first-order valence-corrected chi connectivity index (χ1v) is 11.6. The Morgan fingerprint density at radius 1 is 1.00 bits per heavy atom. The highest BCUT2D eigenvalue weighted by molar-refractivity contribution is 6.31. The van der Waals surface area contributed by atoms with Crippen LogP contribution >= 0.6 is 11.6 Å². The molecule has 2 aromatic rings. The van der Waals surface area contributed by atoms with Gasteiger partial charge >= 0.3 is 0 Å². The number of ether oxygens (including phenoxy) is 2. The number of aromatic hydroxyl groups is 1. The number of phenols is 1. The summed E-state index contributed by atoms with van der Waals surface area (Å²) < 4.78 is 11.3. The van der Waals surface area contributed by atoms with Gasteiger partial charge in [0.15, 0.2) is 0 Å². The van der Waals surface area contributed by atoms with Gasteiger partial charge in [-0.25, -0.2) is 0 Å². The van der Waals surface area contributed by atoms with Crippen LogP contribution in [0.5, 0.6) is 5.75 Å². The van der Waals surface area contributed by atoms with Gasteiger partial charge in [0.05, 0.1) is 32.5 Å². The molecule has 1 atom stereocenters. The molecular weight excluding hydrogens is 430 g/mol. The third-order valence-electron chi connectivity index (χ3n) is 5.36. The van der Waals surface area contributed by atoms with E-state index in [1.807, 2.05) is 25.1 Å². The number of nitrogens with one attached hydrogen (secondary N) is 1. The van der Waals surface area contributed by atoms with Gasteiger partial charge in [-0.05, 0) is 61.2 Å². The SMILES string of the molecule is Cc1cccc(Cl)c1COCCOCCCCCCNC[C@H](O)c1ccc(O)c(CO)c1. The molecule has 4 N–H and O–H groups in total. The second-order valence-electron chi connectivity index (χ2n) is 7.88. The zero-order valence-corrected chi connectivity index (χ0v) is 19.6. The third kappa shape index (κ3) is 9.45. The smallest absolute Gasteiger partial charge is 0.121 e. The molecule has 0 saturated heterocycles. The van der Waals surface area contributed by atoms with Crippen LogP contribution in [0.1, 0.15) is 54.0 Å². The summed E-state index contributed by atoms with van der Waals surface area (Å²) in [6, 6.07) is 10.6. The molecule has 0 heterocycles. The van der Waals surface area contributed by atoms with Crippen LogP contribution in [0.2, 0.25) is 5.02 Å². The Labute approximate surface area is 196 Å². The summed E-state index contributed by atoms with van der Waals surface area (Å²) >= 11 is 6.19. The van der Waals surface area contributed by atoms with Crippen LogP contribution in [0.3, 0.4) is 0 Å². The van der Waals surface area contributed by atoms with Crippen LogP contribution in [-0.2, 0) is 22.7 Å². The number of unbranched alkanes of at least 4 members (excludes halogenated alkanes) is 3. The minimum Gasteiger partial charge on any atom is -0.508 e. The second-order valence-corrected chi connectivity index (χ2v) is 8.29. The fourth-order valence-corrected chi connectivity index (χ4v) is 3.62. The number of aryl methyl sites for hydroxylation is 1. The summed E-state index contributed by atoms with van der Waals surface area (Å²) in [6.07, 6.45) is 3.58. The van der Waals surface area contributed by atoms with E-state index in [2.05, 4.69) is 5.32 Å². The van der Waals surface area contributed by atoms with Crippen molar-refractivity contribution in [2.75, 3.05) is 32.9 Å². The molecule has 0 aliphatic rings. The summed E-state index contributed by atoms with van der Waals surface area (Å²) in [5.74, 6) is 0.0418. The maximum Gasteiger partial charge on any atom is 0.121 e. The molecule has 0 bridgehead atoms. The summed E-state index contributed by atoms with van der Waals surface area (Å²) in [5, 5.41) is 33.0. The van der Waals surface area contributed by atoms with Crippen LogP contribution in [0.25, 0.3) is 0 Å². The van der Waals surface area contributed by atoms with E-state index in [1.165, 1.54) is 6.07 Å². The predicted molar refractivity (Wildman–Crippen MR) is 127 cm³/mol. The van der Waals surface area contributed by atoms with Crippen molar-refractivity contribution in [3.05, 3.63) is 63.7 Å². The predicted octanol–water partition coefficient (Wildman–Crippen LogP) is 4.26. The summed E-state index contributed by atoms with van der Waals surface area (Å²) in [5.41, 5.74) is 3.28. The minimum absolute atomic E-state index is 0.0418. The molecule has 0 fully saturated rings. The minimum atomic E-state index is -0.668. The van der Waals surface area contributed by atoms with Crippen molar-refractivity contribution in [1.82, 2.24) is 5.32 Å². The Balaban J connectivity index is 1.42. The molecule has 7 heteroatoms. The number of aliphatic hydroxyl groups is 2. The van der Waals surface area contributed by atoms with Crippen molar-refractivity contribution in [1.29, 1.82) is 0 Å². The van der Waals surface area contributed by atoms with E-state index in [0.29, 0.717) is 37.5 Å². The van der Waals surface area contributed by atoms with Gasteiger partial charge < -0.3 is 30.1 Å². The molecule has 0 spiro atoms. The maximum absolute atomic E-state index is 10.2. The van der Waals surface area contributed by atoms with E-state index in [-0.39, 0.29) is 12.4 Å². The lowest BCUT2D eigenvalue weighted by molar-refractivity contribution is 0.0391. The molecule has 6 nitrogen and oxygen atoms in total. The Kier molecular flexibility index (Phi) is 12.6. The highest BCUT2D eigenvalue weighted by Crippen LogP contribution is 2.22. The lowest BCUT2D eigenvalue weighted by Gasteiger charge is -2.14. The fourth-order valence-electron chi connectivity index (χ4n) is 3.35. The second kappa shape index (κ2) is 15.2. The third-order valence-corrected chi connectivity index (χ3v) is 5.71. The average molecular weight is 466 g/mol. The first-order chi connectivity index (χ1) is 15.5. The van der Waals surface area contributed by atoms with Gasteiger partial charge in [0.2, 0.25) is 0 Å². The first-order valence-electron chi connectivity index (χ1n) is 11.2. The van der Waals surface area contributed by atoms with E-state index < -0.39 is 6.10 Å². The highest BCUT2D eigenvalue weighted by Gasteiger charge is 2.10. The van der Waals surface area contributed by atoms with Gasteiger partial charge in [-0.15, -0.1) is 0 Å². The molecule has 2 aromatic carbocycles. The van der Waals surface area contributed by atoms with Crippen molar-refractivity contribution in [2.45, 2.75) is 51.9 Å². The molecule has 32 heavy (non-hydrogen) atoms. The van der Waals surface area contributed by atoms with Crippen molar-refractivity contribution >= 4 is 11.6 Å². The number of hydrogen-bond acceptors (Lipinski definition) is 6. The van der Waals surface area contributed by atoms with E-state index in [1.54, 1.807) is 12.1 Å². The average Bonchev–Trinajstić information content (AvgIpc) is 2.78. The van der Waals surface area contributed by atoms with E-state index in [0.717, 1.165) is 55.0 Å². The molecule has 0 aliphatic heterocycles. The van der Waals surface area contributed by atoms with E-state index >= 15 is 0 Å². The molecular formula is C25H36ClNO5. The first kappa shape index (κ1) is 26.6. The van der Waals surface area contributed by atoms with E-state index in [4.69, 9.17) is 21.1 Å². The van der Waals surface area contributed by atoms with Crippen LogP contribution in [-0.4, -0.2) is 48.2 Å². The number of aliphatic hydroxyl groups excluding tert-OH is 2. The van der Waals surface area contributed by atoms with Crippen molar-refractivity contribution in [3.8, 4) is 5.75 Å². The standard InChI is InChI=1S/C25H36ClNO5/c1-19-7-6-8-23(26)22(19)18-32-14-13-31-12-5-3-2-4-11-27-16-25(30)20-9-10-24(29)21(15-20)17-28/h6-10,15,25,27-30H,2-5,11-14,16-18H2,1H3/t25-/m0/s1. The van der Waals surface area contributed by atoms with Crippen molar-refractivity contribution < 1.29 is 24.8 Å². The normalized spacial score (nSPS) is 12.2. The molecule has 0 unspecified atom stereocenters. The van der Waals surface area contributed by atoms with Gasteiger partial charge in [0.1, 0.15) is 5.75 Å². The number of hydrogen-bond donors (Lipinski definition) is 4. The number of halogens is 1. The van der Waals surface area contributed by atoms with Gasteiger partial charge in [0.25, 0.3) is 0 Å². The molecule has 2 rings (SSSR count). The fraction of sp³-hybridized carbons (Fsp3) is 0.520. The lowest BCUT2D eigenvalue weighted by atomic mass is 10.1. The van der Waals surface area contributed by atoms with Crippen molar-refractivity contribution in [3.63, 3.8) is 0 Å². The highest BCUT2D eigenvalue weighted by atomic mass is 35.5. The molecule has 0 aliphatic carbocycles. The largest absolute Gasteiger partial charge is 0.508 e. The summed E-state index contributed by atoms with van der Waals surface area (Å²) in [4.78, 5) is 0.